The van der Waals surface area contributed by atoms with Gasteiger partial charge in [0.2, 0.25) is 0 Å². The summed E-state index contributed by atoms with van der Waals surface area (Å²) in [4.78, 5) is 16.1. The molecule has 25 heavy (non-hydrogen) atoms. The zero-order valence-electron chi connectivity index (χ0n) is 12.9. The predicted molar refractivity (Wildman–Crippen MR) is 98.0 cm³/mol. The van der Waals surface area contributed by atoms with Crippen LogP contribution in [-0.4, -0.2) is 21.1 Å². The van der Waals surface area contributed by atoms with Crippen molar-refractivity contribution in [2.45, 2.75) is 6.54 Å². The predicted octanol–water partition coefficient (Wildman–Crippen LogP) is 4.04. The van der Waals surface area contributed by atoms with Gasteiger partial charge >= 0.3 is 0 Å². The summed E-state index contributed by atoms with van der Waals surface area (Å²) in [5, 5.41) is 14.5. The fourth-order valence-electron chi connectivity index (χ4n) is 2.01. The molecule has 0 fully saturated rings. The van der Waals surface area contributed by atoms with Crippen LogP contribution in [0.15, 0.2) is 54.9 Å². The summed E-state index contributed by atoms with van der Waals surface area (Å²) in [6.45, 7) is 0.589. The van der Waals surface area contributed by atoms with Crippen molar-refractivity contribution in [2.75, 3.05) is 10.6 Å². The third kappa shape index (κ3) is 4.65. The normalized spacial score (nSPS) is 10.3. The molecule has 1 amide bonds. The van der Waals surface area contributed by atoms with Crippen molar-refractivity contribution in [3.05, 3.63) is 76.2 Å². The number of nitrogens with zero attached hydrogens (tertiary/aromatic N) is 3. The molecule has 0 aliphatic rings. The van der Waals surface area contributed by atoms with Crippen LogP contribution in [0.5, 0.6) is 0 Å². The van der Waals surface area contributed by atoms with E-state index in [0.29, 0.717) is 28.1 Å². The molecule has 0 unspecified atom stereocenters. The smallest absolute Gasteiger partial charge is 0.276 e. The largest absolute Gasteiger partial charge is 0.365 e. The van der Waals surface area contributed by atoms with Crippen LogP contribution in [0.3, 0.4) is 0 Å². The number of benzene rings is 1. The van der Waals surface area contributed by atoms with E-state index in [1.165, 1.54) is 0 Å². The molecule has 0 saturated heterocycles. The van der Waals surface area contributed by atoms with E-state index >= 15 is 0 Å². The number of amides is 1. The van der Waals surface area contributed by atoms with Crippen LogP contribution in [0.25, 0.3) is 0 Å². The highest BCUT2D eigenvalue weighted by Gasteiger charge is 2.10. The highest BCUT2D eigenvalue weighted by Crippen LogP contribution is 2.25. The summed E-state index contributed by atoms with van der Waals surface area (Å²) in [6.07, 6.45) is 3.44. The Kier molecular flexibility index (Phi) is 5.42. The number of rotatable bonds is 5. The Morgan fingerprint density at radius 1 is 0.960 bits per heavy atom. The first-order chi connectivity index (χ1) is 12.1. The Balaban J connectivity index is 1.61. The molecule has 0 aliphatic carbocycles. The highest BCUT2D eigenvalue weighted by molar-refractivity contribution is 6.42. The van der Waals surface area contributed by atoms with Gasteiger partial charge in [-0.2, -0.15) is 0 Å². The summed E-state index contributed by atoms with van der Waals surface area (Å²) in [5.74, 6) is 0.189. The lowest BCUT2D eigenvalue weighted by Crippen LogP contribution is -2.15. The Hall–Kier alpha value is -2.70. The zero-order chi connectivity index (χ0) is 17.6. The van der Waals surface area contributed by atoms with Gasteiger partial charge in [-0.1, -0.05) is 23.2 Å². The Morgan fingerprint density at radius 3 is 2.44 bits per heavy atom. The average Bonchev–Trinajstić information content (AvgIpc) is 2.64. The molecule has 2 aromatic heterocycles. The van der Waals surface area contributed by atoms with Gasteiger partial charge in [-0.3, -0.25) is 9.78 Å². The van der Waals surface area contributed by atoms with Gasteiger partial charge in [-0.15, -0.1) is 10.2 Å². The molecule has 3 rings (SSSR count). The third-order valence-electron chi connectivity index (χ3n) is 3.30. The van der Waals surface area contributed by atoms with Crippen LogP contribution in [0, 0.1) is 0 Å². The SMILES string of the molecule is O=C(Nc1ccc(Cl)c(Cl)c1)c1ccc(NCc2ccncc2)nn1. The molecular formula is C17H13Cl2N5O. The van der Waals surface area contributed by atoms with Crippen LogP contribution in [0.1, 0.15) is 16.1 Å². The number of hydrogen-bond acceptors (Lipinski definition) is 5. The molecule has 3 aromatic rings. The second-order valence-corrected chi connectivity index (χ2v) is 5.91. The number of halogens is 2. The Bertz CT molecular complexity index is 872. The molecular weight excluding hydrogens is 361 g/mol. The van der Waals surface area contributed by atoms with E-state index < -0.39 is 0 Å². The van der Waals surface area contributed by atoms with E-state index in [-0.39, 0.29) is 11.6 Å². The maximum atomic E-state index is 12.2. The van der Waals surface area contributed by atoms with Crippen molar-refractivity contribution in [1.29, 1.82) is 0 Å². The van der Waals surface area contributed by atoms with Crippen LogP contribution in [-0.2, 0) is 6.54 Å². The number of anilines is 2. The van der Waals surface area contributed by atoms with Crippen LogP contribution in [0.2, 0.25) is 10.0 Å². The minimum atomic E-state index is -0.383. The molecule has 0 spiro atoms. The molecule has 6 nitrogen and oxygen atoms in total. The number of nitrogens with one attached hydrogen (secondary N) is 2. The average molecular weight is 374 g/mol. The maximum Gasteiger partial charge on any atom is 0.276 e. The van der Waals surface area contributed by atoms with Crippen molar-refractivity contribution < 1.29 is 4.79 Å². The lowest BCUT2D eigenvalue weighted by molar-refractivity contribution is 0.102. The first kappa shape index (κ1) is 17.1. The number of pyridine rings is 1. The molecule has 8 heteroatoms. The molecule has 0 atom stereocenters. The van der Waals surface area contributed by atoms with Crippen molar-refractivity contribution in [3.8, 4) is 0 Å². The second-order valence-electron chi connectivity index (χ2n) is 5.10. The summed E-state index contributed by atoms with van der Waals surface area (Å²) in [6, 6.07) is 11.9. The highest BCUT2D eigenvalue weighted by atomic mass is 35.5. The third-order valence-corrected chi connectivity index (χ3v) is 4.04. The van der Waals surface area contributed by atoms with Gasteiger partial charge in [0.1, 0.15) is 5.82 Å². The quantitative estimate of drug-likeness (QED) is 0.705. The van der Waals surface area contributed by atoms with Crippen molar-refractivity contribution in [2.24, 2.45) is 0 Å². The van der Waals surface area contributed by atoms with Crippen molar-refractivity contribution in [3.63, 3.8) is 0 Å². The zero-order valence-corrected chi connectivity index (χ0v) is 14.4. The van der Waals surface area contributed by atoms with Crippen molar-refractivity contribution in [1.82, 2.24) is 15.2 Å². The molecule has 0 radical (unpaired) electrons. The number of carbonyl (C=O) groups is 1. The van der Waals surface area contributed by atoms with Gasteiger partial charge in [-0.05, 0) is 48.0 Å². The van der Waals surface area contributed by atoms with E-state index in [1.54, 1.807) is 42.7 Å². The van der Waals surface area contributed by atoms with Gasteiger partial charge in [0.25, 0.3) is 5.91 Å². The van der Waals surface area contributed by atoms with E-state index in [2.05, 4.69) is 25.8 Å². The first-order valence-electron chi connectivity index (χ1n) is 7.35. The fraction of sp³-hybridized carbons (Fsp3) is 0.0588. The topological polar surface area (TPSA) is 79.8 Å². The van der Waals surface area contributed by atoms with Gasteiger partial charge in [0.15, 0.2) is 5.69 Å². The van der Waals surface area contributed by atoms with Crippen LogP contribution in [0.4, 0.5) is 11.5 Å². The molecule has 2 N–H and O–H groups in total. The van der Waals surface area contributed by atoms with Gasteiger partial charge < -0.3 is 10.6 Å². The molecule has 0 aliphatic heterocycles. The lowest BCUT2D eigenvalue weighted by atomic mass is 10.2. The second kappa shape index (κ2) is 7.92. The van der Waals surface area contributed by atoms with Gasteiger partial charge in [0.05, 0.1) is 10.0 Å². The summed E-state index contributed by atoms with van der Waals surface area (Å²) < 4.78 is 0. The van der Waals surface area contributed by atoms with Crippen molar-refractivity contribution >= 4 is 40.6 Å². The Morgan fingerprint density at radius 2 is 1.76 bits per heavy atom. The van der Waals surface area contributed by atoms with E-state index in [0.717, 1.165) is 5.56 Å². The van der Waals surface area contributed by atoms with E-state index in [1.807, 2.05) is 12.1 Å². The Labute approximate surface area is 154 Å². The minimum Gasteiger partial charge on any atom is -0.365 e. The fourth-order valence-corrected chi connectivity index (χ4v) is 2.31. The molecule has 1 aromatic carbocycles. The number of carbonyl (C=O) groups excluding carboxylic acids is 1. The first-order valence-corrected chi connectivity index (χ1v) is 8.10. The van der Waals surface area contributed by atoms with E-state index in [9.17, 15) is 4.79 Å². The summed E-state index contributed by atoms with van der Waals surface area (Å²) in [5.41, 5.74) is 1.79. The maximum absolute atomic E-state index is 12.2. The van der Waals surface area contributed by atoms with Crippen LogP contribution >= 0.6 is 23.2 Å². The summed E-state index contributed by atoms with van der Waals surface area (Å²) in [7, 11) is 0. The van der Waals surface area contributed by atoms with Crippen LogP contribution < -0.4 is 10.6 Å². The number of aromatic nitrogens is 3. The lowest BCUT2D eigenvalue weighted by Gasteiger charge is -2.07. The molecule has 126 valence electrons. The summed E-state index contributed by atoms with van der Waals surface area (Å²) >= 11 is 11.8. The molecule has 2 heterocycles. The standard InChI is InChI=1S/C17H13Cl2N5O/c18-13-2-1-12(9-14(13)19)22-17(25)15-3-4-16(24-23-15)21-10-11-5-7-20-8-6-11/h1-9H,10H2,(H,21,24)(H,22,25). The molecule has 0 saturated carbocycles. The van der Waals surface area contributed by atoms with Gasteiger partial charge in [-0.25, -0.2) is 0 Å². The van der Waals surface area contributed by atoms with E-state index in [4.69, 9.17) is 23.2 Å². The molecule has 0 bridgehead atoms. The number of hydrogen-bond donors (Lipinski definition) is 2. The minimum absolute atomic E-state index is 0.195. The van der Waals surface area contributed by atoms with Gasteiger partial charge in [0, 0.05) is 24.6 Å². The monoisotopic (exact) mass is 373 g/mol.